The summed E-state index contributed by atoms with van der Waals surface area (Å²) in [5.74, 6) is -0.893. The fourth-order valence-corrected chi connectivity index (χ4v) is 1.09. The van der Waals surface area contributed by atoms with Gasteiger partial charge in [0.15, 0.2) is 5.69 Å². The van der Waals surface area contributed by atoms with Crippen LogP contribution in [0.3, 0.4) is 0 Å². The number of aryl methyl sites for hydroxylation is 1. The molecule has 0 saturated heterocycles. The molecule has 0 spiro atoms. The smallest absolute Gasteiger partial charge is 0.388 e. The maximum atomic E-state index is 12.4. The standard InChI is InChI=1S/C8H6F4N2O3/c1-4-2-6(14(15)16)5(3-9)13-7(4)17-8(10,11)12/h2H,3H2,1H3. The Morgan fingerprint density at radius 2 is 2.12 bits per heavy atom. The molecule has 5 nitrogen and oxygen atoms in total. The first-order chi connectivity index (χ1) is 7.74. The van der Waals surface area contributed by atoms with Crippen LogP contribution in [0, 0.1) is 17.0 Å². The molecule has 0 amide bonds. The van der Waals surface area contributed by atoms with Crippen LogP contribution >= 0.6 is 0 Å². The quantitative estimate of drug-likeness (QED) is 0.472. The van der Waals surface area contributed by atoms with Crippen molar-refractivity contribution in [3.8, 4) is 5.88 Å². The zero-order chi connectivity index (χ0) is 13.2. The van der Waals surface area contributed by atoms with Crippen LogP contribution in [0.1, 0.15) is 11.3 Å². The first-order valence-corrected chi connectivity index (χ1v) is 4.21. The largest absolute Gasteiger partial charge is 0.574 e. The Kier molecular flexibility index (Phi) is 3.49. The lowest BCUT2D eigenvalue weighted by atomic mass is 10.2. The van der Waals surface area contributed by atoms with Gasteiger partial charge in [-0.1, -0.05) is 0 Å². The topological polar surface area (TPSA) is 65.3 Å². The van der Waals surface area contributed by atoms with E-state index in [9.17, 15) is 27.7 Å². The maximum Gasteiger partial charge on any atom is 0.574 e. The molecule has 0 aliphatic carbocycles. The molecule has 0 fully saturated rings. The van der Waals surface area contributed by atoms with E-state index < -0.39 is 35.2 Å². The van der Waals surface area contributed by atoms with Crippen molar-refractivity contribution < 1.29 is 27.2 Å². The Labute approximate surface area is 92.2 Å². The van der Waals surface area contributed by atoms with Gasteiger partial charge in [-0.05, 0) is 6.92 Å². The van der Waals surface area contributed by atoms with E-state index in [0.717, 1.165) is 13.0 Å². The highest BCUT2D eigenvalue weighted by molar-refractivity contribution is 5.42. The summed E-state index contributed by atoms with van der Waals surface area (Å²) in [6, 6.07) is 0.781. The third-order valence-corrected chi connectivity index (χ3v) is 1.76. The Balaban J connectivity index is 3.23. The van der Waals surface area contributed by atoms with Crippen molar-refractivity contribution in [2.45, 2.75) is 20.0 Å². The molecule has 1 aromatic heterocycles. The van der Waals surface area contributed by atoms with Gasteiger partial charge in [-0.2, -0.15) is 0 Å². The second-order valence-corrected chi connectivity index (χ2v) is 3.01. The summed E-state index contributed by atoms with van der Waals surface area (Å²) in [5.41, 5.74) is -1.59. The van der Waals surface area contributed by atoms with E-state index in [2.05, 4.69) is 9.72 Å². The Morgan fingerprint density at radius 3 is 2.53 bits per heavy atom. The predicted molar refractivity (Wildman–Crippen MR) is 47.1 cm³/mol. The summed E-state index contributed by atoms with van der Waals surface area (Å²) in [6.45, 7) is -0.214. The highest BCUT2D eigenvalue weighted by Crippen LogP contribution is 2.29. The number of halogens is 4. The van der Waals surface area contributed by atoms with Crippen LogP contribution in [0.2, 0.25) is 0 Å². The average Bonchev–Trinajstić information content (AvgIpc) is 2.18. The molecule has 1 aromatic rings. The van der Waals surface area contributed by atoms with Gasteiger partial charge in [0.1, 0.15) is 6.67 Å². The molecule has 0 atom stereocenters. The van der Waals surface area contributed by atoms with Gasteiger partial charge in [0.25, 0.3) is 5.69 Å². The summed E-state index contributed by atoms with van der Waals surface area (Å²) in [6.07, 6.45) is -4.98. The Bertz CT molecular complexity index is 447. The predicted octanol–water partition coefficient (Wildman–Crippen LogP) is 2.67. The highest BCUT2D eigenvalue weighted by Gasteiger charge is 2.33. The summed E-state index contributed by atoms with van der Waals surface area (Å²) in [4.78, 5) is 12.7. The number of aromatic nitrogens is 1. The molecule has 0 bridgehead atoms. The van der Waals surface area contributed by atoms with E-state index in [4.69, 9.17) is 0 Å². The van der Waals surface area contributed by atoms with Gasteiger partial charge in [0.2, 0.25) is 5.88 Å². The third-order valence-electron chi connectivity index (χ3n) is 1.76. The molecule has 0 aliphatic rings. The van der Waals surface area contributed by atoms with Crippen molar-refractivity contribution in [2.24, 2.45) is 0 Å². The molecule has 1 rings (SSSR count). The molecule has 0 N–H and O–H groups in total. The van der Waals surface area contributed by atoms with Crippen LogP contribution in [0.15, 0.2) is 6.07 Å². The van der Waals surface area contributed by atoms with E-state index in [0.29, 0.717) is 0 Å². The molecule has 0 aromatic carbocycles. The lowest BCUT2D eigenvalue weighted by Crippen LogP contribution is -2.19. The first kappa shape index (κ1) is 13.1. The summed E-state index contributed by atoms with van der Waals surface area (Å²) >= 11 is 0. The highest BCUT2D eigenvalue weighted by atomic mass is 19.4. The van der Waals surface area contributed by atoms with Gasteiger partial charge in [-0.3, -0.25) is 10.1 Å². The lowest BCUT2D eigenvalue weighted by molar-refractivity contribution is -0.386. The molecule has 9 heteroatoms. The van der Waals surface area contributed by atoms with Crippen LogP contribution < -0.4 is 4.74 Å². The molecule has 0 unspecified atom stereocenters. The summed E-state index contributed by atoms with van der Waals surface area (Å²) < 4.78 is 51.7. The van der Waals surface area contributed by atoms with Crippen LogP contribution in [0.25, 0.3) is 0 Å². The minimum atomic E-state index is -4.98. The van der Waals surface area contributed by atoms with Crippen molar-refractivity contribution in [2.75, 3.05) is 0 Å². The minimum Gasteiger partial charge on any atom is -0.388 e. The van der Waals surface area contributed by atoms with E-state index in [1.807, 2.05) is 0 Å². The zero-order valence-corrected chi connectivity index (χ0v) is 8.42. The number of ether oxygens (including phenoxy) is 1. The van der Waals surface area contributed by atoms with E-state index >= 15 is 0 Å². The van der Waals surface area contributed by atoms with Crippen LogP contribution in [0.4, 0.5) is 23.2 Å². The first-order valence-electron chi connectivity index (χ1n) is 4.21. The second-order valence-electron chi connectivity index (χ2n) is 3.01. The molecule has 94 valence electrons. The van der Waals surface area contributed by atoms with Crippen molar-refractivity contribution >= 4 is 5.69 Å². The van der Waals surface area contributed by atoms with E-state index in [-0.39, 0.29) is 5.56 Å². The zero-order valence-electron chi connectivity index (χ0n) is 8.42. The molecule has 0 aliphatic heterocycles. The number of hydrogen-bond acceptors (Lipinski definition) is 4. The number of hydrogen-bond donors (Lipinski definition) is 0. The Morgan fingerprint density at radius 1 is 1.53 bits per heavy atom. The van der Waals surface area contributed by atoms with Crippen LogP contribution in [0.5, 0.6) is 5.88 Å². The SMILES string of the molecule is Cc1cc([N+](=O)[O-])c(CF)nc1OC(F)(F)F. The lowest BCUT2D eigenvalue weighted by Gasteiger charge is -2.10. The molecule has 0 radical (unpaired) electrons. The Hall–Kier alpha value is -1.93. The summed E-state index contributed by atoms with van der Waals surface area (Å²) in [5, 5.41) is 10.5. The van der Waals surface area contributed by atoms with Gasteiger partial charge in [0.05, 0.1) is 4.92 Å². The van der Waals surface area contributed by atoms with Gasteiger partial charge in [0, 0.05) is 11.6 Å². The van der Waals surface area contributed by atoms with Crippen molar-refractivity contribution in [1.29, 1.82) is 0 Å². The molecule has 17 heavy (non-hydrogen) atoms. The number of alkyl halides is 4. The minimum absolute atomic E-state index is 0.203. The van der Waals surface area contributed by atoms with Crippen molar-refractivity contribution in [3.63, 3.8) is 0 Å². The average molecular weight is 254 g/mol. The van der Waals surface area contributed by atoms with Crippen LogP contribution in [-0.4, -0.2) is 16.3 Å². The van der Waals surface area contributed by atoms with Crippen LogP contribution in [-0.2, 0) is 6.67 Å². The fourth-order valence-electron chi connectivity index (χ4n) is 1.09. The normalized spacial score (nSPS) is 11.4. The van der Waals surface area contributed by atoms with Gasteiger partial charge in [-0.15, -0.1) is 13.2 Å². The third kappa shape index (κ3) is 3.26. The second kappa shape index (κ2) is 4.52. The number of nitro groups is 1. The number of pyridine rings is 1. The molecular weight excluding hydrogens is 248 g/mol. The van der Waals surface area contributed by atoms with E-state index in [1.54, 1.807) is 0 Å². The van der Waals surface area contributed by atoms with Crippen molar-refractivity contribution in [3.05, 3.63) is 27.4 Å². The van der Waals surface area contributed by atoms with Gasteiger partial charge in [-0.25, -0.2) is 9.37 Å². The molecule has 0 saturated carbocycles. The number of nitrogens with zero attached hydrogens (tertiary/aromatic N) is 2. The monoisotopic (exact) mass is 254 g/mol. The van der Waals surface area contributed by atoms with Gasteiger partial charge < -0.3 is 4.74 Å². The maximum absolute atomic E-state index is 12.4. The van der Waals surface area contributed by atoms with Gasteiger partial charge >= 0.3 is 6.36 Å². The van der Waals surface area contributed by atoms with Crippen molar-refractivity contribution in [1.82, 2.24) is 4.98 Å². The molecular formula is C8H6F4N2O3. The molecule has 1 heterocycles. The summed E-state index contributed by atoms with van der Waals surface area (Å²) in [7, 11) is 0. The number of rotatable bonds is 3. The van der Waals surface area contributed by atoms with E-state index in [1.165, 1.54) is 0 Å². The fraction of sp³-hybridized carbons (Fsp3) is 0.375.